The highest BCUT2D eigenvalue weighted by Gasteiger charge is 2.41. The maximum absolute atomic E-state index is 6.05. The molecule has 0 radical (unpaired) electrons. The van der Waals surface area contributed by atoms with Crippen LogP contribution in [0.4, 0.5) is 0 Å². The van der Waals surface area contributed by atoms with Crippen molar-refractivity contribution in [2.45, 2.75) is 43.4 Å². The van der Waals surface area contributed by atoms with E-state index in [2.05, 4.69) is 21.0 Å². The highest BCUT2D eigenvalue weighted by atomic mass is 32.2. The average Bonchev–Trinajstić information content (AvgIpc) is 3.02. The number of hydrogen-bond acceptors (Lipinski definition) is 6. The predicted octanol–water partition coefficient (Wildman–Crippen LogP) is 2.17. The van der Waals surface area contributed by atoms with E-state index in [9.17, 15) is 0 Å². The summed E-state index contributed by atoms with van der Waals surface area (Å²) in [6, 6.07) is 0.670. The molecule has 3 unspecified atom stereocenters. The third kappa shape index (κ3) is 2.44. The van der Waals surface area contributed by atoms with Crippen LogP contribution >= 0.6 is 23.5 Å². The van der Waals surface area contributed by atoms with Crippen LogP contribution in [0.3, 0.4) is 0 Å². The molecule has 1 aromatic rings. The highest BCUT2D eigenvalue weighted by molar-refractivity contribution is 7.99. The molecule has 1 aromatic heterocycles. The second kappa shape index (κ2) is 5.12. The fraction of sp³-hybridized carbons (Fsp3) is 0.818. The number of piperidine rings is 1. The Labute approximate surface area is 110 Å². The Morgan fingerprint density at radius 2 is 2.41 bits per heavy atom. The van der Waals surface area contributed by atoms with Crippen molar-refractivity contribution in [3.63, 3.8) is 0 Å². The van der Waals surface area contributed by atoms with Gasteiger partial charge in [0.1, 0.15) is 6.10 Å². The van der Waals surface area contributed by atoms with Crippen molar-refractivity contribution in [1.82, 2.24) is 14.1 Å². The van der Waals surface area contributed by atoms with E-state index in [1.165, 1.54) is 18.1 Å². The number of ether oxygens (including phenoxy) is 1. The van der Waals surface area contributed by atoms with Crippen LogP contribution in [0, 0.1) is 5.92 Å². The van der Waals surface area contributed by atoms with Gasteiger partial charge in [0.2, 0.25) is 0 Å². The van der Waals surface area contributed by atoms with Crippen molar-refractivity contribution in [2.24, 2.45) is 5.92 Å². The molecule has 17 heavy (non-hydrogen) atoms. The van der Waals surface area contributed by atoms with E-state index in [4.69, 9.17) is 4.74 Å². The summed E-state index contributed by atoms with van der Waals surface area (Å²) in [6.45, 7) is 3.28. The molecule has 0 spiro atoms. The third-order valence-electron chi connectivity index (χ3n) is 3.43. The second-order valence-electron chi connectivity index (χ2n) is 4.72. The molecule has 3 rings (SSSR count). The van der Waals surface area contributed by atoms with Crippen LogP contribution in [-0.4, -0.2) is 33.2 Å². The van der Waals surface area contributed by atoms with E-state index in [1.807, 2.05) is 0 Å². The molecule has 2 bridgehead atoms. The van der Waals surface area contributed by atoms with Crippen molar-refractivity contribution >= 4 is 23.5 Å². The maximum atomic E-state index is 6.05. The Bertz CT molecular complexity index is 385. The number of nitrogens with zero attached hydrogens (tertiary/aromatic N) is 2. The summed E-state index contributed by atoms with van der Waals surface area (Å²) in [4.78, 5) is 0. The van der Waals surface area contributed by atoms with E-state index in [-0.39, 0.29) is 0 Å². The van der Waals surface area contributed by atoms with Gasteiger partial charge >= 0.3 is 0 Å². The normalized spacial score (nSPS) is 31.0. The number of thioether (sulfide) groups is 1. The number of nitrogens with one attached hydrogen (secondary N) is 1. The molecular weight excluding hydrogens is 254 g/mol. The molecule has 2 heterocycles. The van der Waals surface area contributed by atoms with Gasteiger partial charge in [-0.15, -0.1) is 4.37 Å². The number of aromatic nitrogens is 2. The van der Waals surface area contributed by atoms with Gasteiger partial charge in [0.15, 0.2) is 5.03 Å². The Hall–Kier alpha value is -0.330. The lowest BCUT2D eigenvalue weighted by atomic mass is 10.1. The Morgan fingerprint density at radius 1 is 1.47 bits per heavy atom. The summed E-state index contributed by atoms with van der Waals surface area (Å²) >= 11 is 3.01. The summed E-state index contributed by atoms with van der Waals surface area (Å²) in [5, 5.41) is 4.48. The molecule has 4 nitrogen and oxygen atoms in total. The summed E-state index contributed by atoms with van der Waals surface area (Å²) < 4.78 is 14.6. The fourth-order valence-corrected chi connectivity index (χ4v) is 3.98. The molecule has 3 atom stereocenters. The molecule has 0 aromatic carbocycles. The minimum atomic E-state index is 0.353. The van der Waals surface area contributed by atoms with Crippen LogP contribution in [0.15, 0.2) is 5.03 Å². The SMILES string of the molecule is CCCSc1nsnc1OC1CC2CC1CN2. The quantitative estimate of drug-likeness (QED) is 0.832. The smallest absolute Gasteiger partial charge is 0.260 e. The standard InChI is InChI=1S/C11H17N3OS2/c1-2-3-16-11-10(13-17-14-11)15-9-5-8-4-7(9)6-12-8/h7-9,12H,2-6H2,1H3. The van der Waals surface area contributed by atoms with Gasteiger partial charge in [-0.3, -0.25) is 0 Å². The molecule has 94 valence electrons. The van der Waals surface area contributed by atoms with E-state index in [0.717, 1.165) is 36.0 Å². The summed E-state index contributed by atoms with van der Waals surface area (Å²) in [5.41, 5.74) is 0. The van der Waals surface area contributed by atoms with Crippen molar-refractivity contribution in [3.8, 4) is 5.88 Å². The summed E-state index contributed by atoms with van der Waals surface area (Å²) in [7, 11) is 0. The second-order valence-corrected chi connectivity index (χ2v) is 6.33. The summed E-state index contributed by atoms with van der Waals surface area (Å²) in [6.07, 6.45) is 3.89. The molecule has 1 saturated heterocycles. The Balaban J connectivity index is 1.63. The third-order valence-corrected chi connectivity index (χ3v) is 5.21. The van der Waals surface area contributed by atoms with Gasteiger partial charge in [-0.05, 0) is 18.6 Å². The molecule has 1 aliphatic carbocycles. The van der Waals surface area contributed by atoms with Crippen molar-refractivity contribution in [1.29, 1.82) is 0 Å². The van der Waals surface area contributed by atoms with Gasteiger partial charge in [0, 0.05) is 24.9 Å². The first-order valence-corrected chi connectivity index (χ1v) is 7.93. The van der Waals surface area contributed by atoms with E-state index >= 15 is 0 Å². The Kier molecular flexibility index (Phi) is 3.54. The van der Waals surface area contributed by atoms with Crippen molar-refractivity contribution < 1.29 is 4.74 Å². The molecule has 6 heteroatoms. The van der Waals surface area contributed by atoms with Crippen molar-refractivity contribution in [2.75, 3.05) is 12.3 Å². The first-order valence-electron chi connectivity index (χ1n) is 6.22. The van der Waals surface area contributed by atoms with E-state index in [1.54, 1.807) is 11.8 Å². The molecule has 1 N–H and O–H groups in total. The molecular formula is C11H17N3OS2. The number of fused-ring (bicyclic) bond motifs is 2. The highest BCUT2D eigenvalue weighted by Crippen LogP contribution is 2.36. The zero-order valence-electron chi connectivity index (χ0n) is 9.89. The maximum Gasteiger partial charge on any atom is 0.260 e. The first-order chi connectivity index (χ1) is 8.36. The molecule has 2 fully saturated rings. The van der Waals surface area contributed by atoms with Gasteiger partial charge in [-0.2, -0.15) is 4.37 Å². The van der Waals surface area contributed by atoms with Gasteiger partial charge < -0.3 is 10.1 Å². The van der Waals surface area contributed by atoms with Crippen molar-refractivity contribution in [3.05, 3.63) is 0 Å². The monoisotopic (exact) mass is 271 g/mol. The first kappa shape index (κ1) is 11.7. The predicted molar refractivity (Wildman–Crippen MR) is 69.9 cm³/mol. The topological polar surface area (TPSA) is 47.0 Å². The lowest BCUT2D eigenvalue weighted by Gasteiger charge is -2.22. The molecule has 0 amide bonds. The van der Waals surface area contributed by atoms with E-state index in [0.29, 0.717) is 18.1 Å². The number of hydrogen-bond donors (Lipinski definition) is 1. The average molecular weight is 271 g/mol. The van der Waals surface area contributed by atoms with Crippen LogP contribution in [0.1, 0.15) is 26.2 Å². The van der Waals surface area contributed by atoms with Crippen LogP contribution in [-0.2, 0) is 0 Å². The summed E-state index contributed by atoms with van der Waals surface area (Å²) in [5.74, 6) is 2.52. The molecule has 2 aliphatic rings. The van der Waals surface area contributed by atoms with Gasteiger partial charge in [-0.1, -0.05) is 18.7 Å². The number of rotatable bonds is 5. The molecule has 1 aliphatic heterocycles. The van der Waals surface area contributed by atoms with Crippen LogP contribution in [0.5, 0.6) is 5.88 Å². The van der Waals surface area contributed by atoms with E-state index < -0.39 is 0 Å². The minimum Gasteiger partial charge on any atom is -0.471 e. The zero-order chi connectivity index (χ0) is 11.7. The van der Waals surface area contributed by atoms with Crippen LogP contribution in [0.25, 0.3) is 0 Å². The Morgan fingerprint density at radius 3 is 3.12 bits per heavy atom. The zero-order valence-corrected chi connectivity index (χ0v) is 11.5. The van der Waals surface area contributed by atoms with Crippen LogP contribution in [0.2, 0.25) is 0 Å². The van der Waals surface area contributed by atoms with Gasteiger partial charge in [-0.25, -0.2) is 0 Å². The minimum absolute atomic E-state index is 0.353. The lowest BCUT2D eigenvalue weighted by molar-refractivity contribution is 0.137. The fourth-order valence-electron chi connectivity index (χ4n) is 2.60. The van der Waals surface area contributed by atoms with Gasteiger partial charge in [0.05, 0.1) is 11.7 Å². The van der Waals surface area contributed by atoms with Gasteiger partial charge in [0.25, 0.3) is 5.88 Å². The lowest BCUT2D eigenvalue weighted by Crippen LogP contribution is -2.35. The largest absolute Gasteiger partial charge is 0.471 e. The van der Waals surface area contributed by atoms with Crippen LogP contribution < -0.4 is 10.1 Å². The molecule has 1 saturated carbocycles.